The van der Waals surface area contributed by atoms with Gasteiger partial charge in [-0.25, -0.2) is 4.79 Å². The molecule has 2 rings (SSSR count). The molecule has 0 spiro atoms. The predicted molar refractivity (Wildman–Crippen MR) is 84.3 cm³/mol. The van der Waals surface area contributed by atoms with Gasteiger partial charge in [0.05, 0.1) is 6.04 Å². The molecule has 5 heteroatoms. The van der Waals surface area contributed by atoms with Gasteiger partial charge >= 0.3 is 5.97 Å². The minimum Gasteiger partial charge on any atom is -0.480 e. The second kappa shape index (κ2) is 7.40. The second-order valence-corrected chi connectivity index (χ2v) is 6.18. The molecule has 0 saturated carbocycles. The Hall–Kier alpha value is -1.88. The third-order valence-electron chi connectivity index (χ3n) is 4.13. The molecule has 0 radical (unpaired) electrons. The number of amides is 1. The van der Waals surface area contributed by atoms with Crippen LogP contribution in [-0.4, -0.2) is 40.5 Å². The molecule has 5 nitrogen and oxygen atoms in total. The number of benzene rings is 1. The van der Waals surface area contributed by atoms with Gasteiger partial charge < -0.3 is 10.4 Å². The lowest BCUT2D eigenvalue weighted by atomic mass is 10.0. The van der Waals surface area contributed by atoms with E-state index in [1.807, 2.05) is 30.3 Å². The summed E-state index contributed by atoms with van der Waals surface area (Å²) in [4.78, 5) is 25.8. The number of rotatable bonds is 6. The Labute approximate surface area is 131 Å². The molecule has 1 fully saturated rings. The topological polar surface area (TPSA) is 69.6 Å². The summed E-state index contributed by atoms with van der Waals surface area (Å²) >= 11 is 0. The van der Waals surface area contributed by atoms with E-state index in [1.165, 1.54) is 5.56 Å². The fourth-order valence-corrected chi connectivity index (χ4v) is 2.89. The number of nitrogens with one attached hydrogen (secondary N) is 1. The molecular formula is C17H24N2O3. The average Bonchev–Trinajstić information content (AvgIpc) is 2.93. The standard InChI is InChI=1S/C17H24N2O3/c1-12(2)15(17(21)22)18-16(20)14-9-6-10-19(14)11-13-7-4-3-5-8-13/h3-5,7-8,12,14-15H,6,9-11H2,1-2H3,(H,18,20)(H,21,22)/t14-,15-/m0/s1. The Kier molecular flexibility index (Phi) is 5.55. The molecule has 0 aliphatic carbocycles. The van der Waals surface area contributed by atoms with Gasteiger partial charge in [0.25, 0.3) is 0 Å². The molecule has 0 unspecified atom stereocenters. The quantitative estimate of drug-likeness (QED) is 0.842. The summed E-state index contributed by atoms with van der Waals surface area (Å²) in [7, 11) is 0. The number of hydrogen-bond acceptors (Lipinski definition) is 3. The Balaban J connectivity index is 2.00. The van der Waals surface area contributed by atoms with Gasteiger partial charge in [-0.1, -0.05) is 44.2 Å². The van der Waals surface area contributed by atoms with Crippen LogP contribution in [0.1, 0.15) is 32.3 Å². The van der Waals surface area contributed by atoms with Gasteiger partial charge in [-0.05, 0) is 30.9 Å². The Morgan fingerprint density at radius 1 is 1.32 bits per heavy atom. The number of carbonyl (C=O) groups excluding carboxylic acids is 1. The third kappa shape index (κ3) is 4.07. The number of carboxylic acid groups (broad SMARTS) is 1. The highest BCUT2D eigenvalue weighted by molar-refractivity contribution is 5.87. The predicted octanol–water partition coefficient (Wildman–Crippen LogP) is 1.88. The van der Waals surface area contributed by atoms with Crippen molar-refractivity contribution in [3.63, 3.8) is 0 Å². The average molecular weight is 304 g/mol. The third-order valence-corrected chi connectivity index (χ3v) is 4.13. The maximum Gasteiger partial charge on any atom is 0.326 e. The van der Waals surface area contributed by atoms with Gasteiger partial charge in [-0.15, -0.1) is 0 Å². The highest BCUT2D eigenvalue weighted by Crippen LogP contribution is 2.20. The molecule has 1 heterocycles. The molecule has 1 saturated heterocycles. The first-order valence-corrected chi connectivity index (χ1v) is 7.80. The van der Waals surface area contributed by atoms with Crippen molar-refractivity contribution in [2.75, 3.05) is 6.54 Å². The van der Waals surface area contributed by atoms with E-state index < -0.39 is 12.0 Å². The molecule has 22 heavy (non-hydrogen) atoms. The van der Waals surface area contributed by atoms with Crippen LogP contribution in [0.2, 0.25) is 0 Å². The summed E-state index contributed by atoms with van der Waals surface area (Å²) in [5, 5.41) is 11.9. The summed E-state index contributed by atoms with van der Waals surface area (Å²) in [6.07, 6.45) is 1.74. The summed E-state index contributed by atoms with van der Waals surface area (Å²) in [5.41, 5.74) is 1.17. The Morgan fingerprint density at radius 2 is 2.00 bits per heavy atom. The highest BCUT2D eigenvalue weighted by Gasteiger charge is 2.33. The van der Waals surface area contributed by atoms with Crippen LogP contribution in [-0.2, 0) is 16.1 Å². The smallest absolute Gasteiger partial charge is 0.326 e. The number of hydrogen-bond donors (Lipinski definition) is 2. The monoisotopic (exact) mass is 304 g/mol. The van der Waals surface area contributed by atoms with Crippen molar-refractivity contribution in [1.29, 1.82) is 0 Å². The van der Waals surface area contributed by atoms with E-state index in [1.54, 1.807) is 13.8 Å². The Bertz CT molecular complexity index is 516. The molecule has 1 amide bonds. The van der Waals surface area contributed by atoms with Crippen LogP contribution in [0.5, 0.6) is 0 Å². The van der Waals surface area contributed by atoms with Gasteiger partial charge in [0.1, 0.15) is 6.04 Å². The van der Waals surface area contributed by atoms with Crippen LogP contribution in [0.15, 0.2) is 30.3 Å². The van der Waals surface area contributed by atoms with Crippen LogP contribution < -0.4 is 5.32 Å². The van der Waals surface area contributed by atoms with Gasteiger partial charge in [0.15, 0.2) is 0 Å². The first kappa shape index (κ1) is 16.5. The molecule has 1 aliphatic rings. The fourth-order valence-electron chi connectivity index (χ4n) is 2.89. The van der Waals surface area contributed by atoms with Crippen LogP contribution in [0.4, 0.5) is 0 Å². The van der Waals surface area contributed by atoms with E-state index in [2.05, 4.69) is 10.2 Å². The van der Waals surface area contributed by atoms with Gasteiger partial charge in [-0.3, -0.25) is 9.69 Å². The van der Waals surface area contributed by atoms with E-state index in [4.69, 9.17) is 0 Å². The molecule has 1 aromatic carbocycles. The zero-order valence-corrected chi connectivity index (χ0v) is 13.2. The fraction of sp³-hybridized carbons (Fsp3) is 0.529. The SMILES string of the molecule is CC(C)[C@H](NC(=O)[C@@H]1CCCN1Cc1ccccc1)C(=O)O. The molecule has 0 aromatic heterocycles. The van der Waals surface area contributed by atoms with Crippen molar-refractivity contribution in [3.8, 4) is 0 Å². The van der Waals surface area contributed by atoms with Crippen molar-refractivity contribution in [3.05, 3.63) is 35.9 Å². The largest absolute Gasteiger partial charge is 0.480 e. The summed E-state index contributed by atoms with van der Waals surface area (Å²) < 4.78 is 0. The summed E-state index contributed by atoms with van der Waals surface area (Å²) in [6.45, 7) is 5.19. The van der Waals surface area contributed by atoms with Crippen LogP contribution in [0.3, 0.4) is 0 Å². The molecule has 1 aliphatic heterocycles. The van der Waals surface area contributed by atoms with Crippen LogP contribution in [0, 0.1) is 5.92 Å². The molecular weight excluding hydrogens is 280 g/mol. The van der Waals surface area contributed by atoms with Gasteiger partial charge in [0.2, 0.25) is 5.91 Å². The number of aliphatic carboxylic acids is 1. The zero-order valence-electron chi connectivity index (χ0n) is 13.2. The van der Waals surface area contributed by atoms with Gasteiger partial charge in [-0.2, -0.15) is 0 Å². The number of carbonyl (C=O) groups is 2. The molecule has 2 N–H and O–H groups in total. The van der Waals surface area contributed by atoms with E-state index in [-0.39, 0.29) is 17.9 Å². The van der Waals surface area contributed by atoms with E-state index >= 15 is 0 Å². The first-order valence-electron chi connectivity index (χ1n) is 7.80. The lowest BCUT2D eigenvalue weighted by Crippen LogP contribution is -2.51. The Morgan fingerprint density at radius 3 is 2.59 bits per heavy atom. The maximum absolute atomic E-state index is 12.4. The summed E-state index contributed by atoms with van der Waals surface area (Å²) in [6, 6.07) is 8.97. The molecule has 120 valence electrons. The molecule has 0 bridgehead atoms. The van der Waals surface area contributed by atoms with Crippen molar-refractivity contribution >= 4 is 11.9 Å². The van der Waals surface area contributed by atoms with Crippen LogP contribution in [0.25, 0.3) is 0 Å². The zero-order chi connectivity index (χ0) is 16.1. The maximum atomic E-state index is 12.4. The normalized spacial score (nSPS) is 20.0. The van der Waals surface area contributed by atoms with E-state index in [0.717, 1.165) is 25.9 Å². The number of nitrogens with zero attached hydrogens (tertiary/aromatic N) is 1. The highest BCUT2D eigenvalue weighted by atomic mass is 16.4. The van der Waals surface area contributed by atoms with E-state index in [9.17, 15) is 14.7 Å². The van der Waals surface area contributed by atoms with Crippen LogP contribution >= 0.6 is 0 Å². The molecule has 1 aromatic rings. The molecule has 2 atom stereocenters. The lowest BCUT2D eigenvalue weighted by Gasteiger charge is -2.26. The van der Waals surface area contributed by atoms with Gasteiger partial charge in [0, 0.05) is 6.54 Å². The lowest BCUT2D eigenvalue weighted by molar-refractivity contribution is -0.143. The van der Waals surface area contributed by atoms with Crippen molar-refractivity contribution < 1.29 is 14.7 Å². The van der Waals surface area contributed by atoms with Crippen molar-refractivity contribution in [2.45, 2.75) is 45.3 Å². The number of likely N-dealkylation sites (tertiary alicyclic amines) is 1. The minimum absolute atomic E-state index is 0.134. The second-order valence-electron chi connectivity index (χ2n) is 6.18. The van der Waals surface area contributed by atoms with Crippen molar-refractivity contribution in [2.24, 2.45) is 5.92 Å². The summed E-state index contributed by atoms with van der Waals surface area (Å²) in [5.74, 6) is -1.28. The minimum atomic E-state index is -0.976. The number of carboxylic acids is 1. The van der Waals surface area contributed by atoms with E-state index in [0.29, 0.717) is 0 Å². The van der Waals surface area contributed by atoms with Crippen molar-refractivity contribution in [1.82, 2.24) is 10.2 Å². The first-order chi connectivity index (χ1) is 10.5.